The molecule has 0 radical (unpaired) electrons. The molecule has 0 amide bonds. The highest BCUT2D eigenvalue weighted by Crippen LogP contribution is 2.39. The van der Waals surface area contributed by atoms with Gasteiger partial charge in [-0.25, -0.2) is 0 Å². The van der Waals surface area contributed by atoms with Gasteiger partial charge in [0.2, 0.25) is 0 Å². The van der Waals surface area contributed by atoms with Crippen molar-refractivity contribution in [1.82, 2.24) is 0 Å². The Labute approximate surface area is 116 Å². The van der Waals surface area contributed by atoms with Crippen LogP contribution in [0.5, 0.6) is 0 Å². The molecule has 3 rings (SSSR count). The van der Waals surface area contributed by atoms with Crippen LogP contribution in [0.25, 0.3) is 0 Å². The molecule has 0 aromatic heterocycles. The fourth-order valence-electron chi connectivity index (χ4n) is 3.58. The Kier molecular flexibility index (Phi) is 3.79. The zero-order chi connectivity index (χ0) is 13.1. The number of hydrogen-bond acceptors (Lipinski definition) is 2. The van der Waals surface area contributed by atoms with Crippen LogP contribution in [0.15, 0.2) is 24.3 Å². The minimum absolute atomic E-state index is 0.193. The lowest BCUT2D eigenvalue weighted by molar-refractivity contribution is -0.103. The zero-order valence-electron chi connectivity index (χ0n) is 12.0. The quantitative estimate of drug-likeness (QED) is 0.855. The van der Waals surface area contributed by atoms with E-state index in [0.29, 0.717) is 6.04 Å². The molecule has 19 heavy (non-hydrogen) atoms. The van der Waals surface area contributed by atoms with Gasteiger partial charge in [0, 0.05) is 18.3 Å². The van der Waals surface area contributed by atoms with Crippen molar-refractivity contribution in [3.63, 3.8) is 0 Å². The highest BCUT2D eigenvalue weighted by atomic mass is 16.5. The molecule has 1 unspecified atom stereocenters. The predicted octanol–water partition coefficient (Wildman–Crippen LogP) is 4.29. The van der Waals surface area contributed by atoms with Gasteiger partial charge in [-0.15, -0.1) is 0 Å². The molecule has 1 N–H and O–H groups in total. The van der Waals surface area contributed by atoms with Gasteiger partial charge in [-0.3, -0.25) is 0 Å². The molecule has 2 heteroatoms. The van der Waals surface area contributed by atoms with Crippen molar-refractivity contribution in [3.8, 4) is 0 Å². The van der Waals surface area contributed by atoms with E-state index >= 15 is 0 Å². The molecule has 1 atom stereocenters. The fourth-order valence-corrected chi connectivity index (χ4v) is 3.58. The lowest BCUT2D eigenvalue weighted by Crippen LogP contribution is -2.45. The van der Waals surface area contributed by atoms with Crippen molar-refractivity contribution in [2.45, 2.75) is 63.5 Å². The molecule has 0 bridgehead atoms. The normalized spacial score (nSPS) is 26.3. The molecule has 1 aromatic carbocycles. The number of benzene rings is 1. The maximum Gasteiger partial charge on any atom is 0.0702 e. The first-order valence-electron chi connectivity index (χ1n) is 7.73. The van der Waals surface area contributed by atoms with E-state index in [1.165, 1.54) is 49.8 Å². The summed E-state index contributed by atoms with van der Waals surface area (Å²) in [7, 11) is 0. The van der Waals surface area contributed by atoms with Crippen LogP contribution in [0.1, 0.15) is 50.5 Å². The maximum atomic E-state index is 6.15. The van der Waals surface area contributed by atoms with Crippen LogP contribution in [0.4, 0.5) is 5.69 Å². The minimum atomic E-state index is 0.193. The summed E-state index contributed by atoms with van der Waals surface area (Å²) in [5, 5.41) is 3.70. The maximum absolute atomic E-state index is 6.15. The summed E-state index contributed by atoms with van der Waals surface area (Å²) < 4.78 is 6.15. The number of hydrogen-bond donors (Lipinski definition) is 1. The van der Waals surface area contributed by atoms with E-state index in [2.05, 4.69) is 36.5 Å². The average Bonchev–Trinajstić information content (AvgIpc) is 2.42. The van der Waals surface area contributed by atoms with Gasteiger partial charge in [-0.1, -0.05) is 37.0 Å². The topological polar surface area (TPSA) is 21.3 Å². The third kappa shape index (κ3) is 3.11. The van der Waals surface area contributed by atoms with Crippen molar-refractivity contribution in [1.29, 1.82) is 0 Å². The van der Waals surface area contributed by atoms with Crippen molar-refractivity contribution >= 4 is 5.69 Å². The lowest BCUT2D eigenvalue weighted by atomic mass is 9.78. The smallest absolute Gasteiger partial charge is 0.0702 e. The van der Waals surface area contributed by atoms with E-state index < -0.39 is 0 Å². The summed E-state index contributed by atoms with van der Waals surface area (Å²) in [6.45, 7) is 3.05. The molecule has 2 aliphatic rings. The minimum Gasteiger partial charge on any atom is -0.382 e. The summed E-state index contributed by atoms with van der Waals surface area (Å²) in [6.07, 6.45) is 8.92. The van der Waals surface area contributed by atoms with Crippen LogP contribution >= 0.6 is 0 Å². The van der Waals surface area contributed by atoms with Gasteiger partial charge in [0.05, 0.1) is 5.60 Å². The van der Waals surface area contributed by atoms with E-state index in [1.54, 1.807) is 0 Å². The van der Waals surface area contributed by atoms with Crippen LogP contribution in [-0.2, 0) is 4.74 Å². The van der Waals surface area contributed by atoms with Crippen LogP contribution in [0.3, 0.4) is 0 Å². The van der Waals surface area contributed by atoms with Crippen molar-refractivity contribution in [2.75, 3.05) is 11.9 Å². The summed E-state index contributed by atoms with van der Waals surface area (Å²) in [4.78, 5) is 0. The van der Waals surface area contributed by atoms with Gasteiger partial charge >= 0.3 is 0 Å². The molecule has 2 fully saturated rings. The van der Waals surface area contributed by atoms with Crippen molar-refractivity contribution in [2.24, 2.45) is 0 Å². The SMILES string of the molecule is Cc1ccc(NC2CCOC3(CCCCC3)C2)cc1. The van der Waals surface area contributed by atoms with E-state index in [0.717, 1.165) is 13.0 Å². The van der Waals surface area contributed by atoms with Gasteiger partial charge in [0.25, 0.3) is 0 Å². The Bertz CT molecular complexity index is 400. The molecular formula is C17H25NO. The molecule has 1 heterocycles. The first kappa shape index (κ1) is 13.0. The third-order valence-electron chi connectivity index (χ3n) is 4.68. The summed E-state index contributed by atoms with van der Waals surface area (Å²) in [5.74, 6) is 0. The van der Waals surface area contributed by atoms with Gasteiger partial charge in [0.1, 0.15) is 0 Å². The number of nitrogens with one attached hydrogen (secondary N) is 1. The lowest BCUT2D eigenvalue weighted by Gasteiger charge is -2.44. The number of aryl methyl sites for hydroxylation is 1. The highest BCUT2D eigenvalue weighted by Gasteiger charge is 2.38. The molecule has 1 aliphatic carbocycles. The second-order valence-electron chi connectivity index (χ2n) is 6.29. The van der Waals surface area contributed by atoms with E-state index in [1.807, 2.05) is 0 Å². The summed E-state index contributed by atoms with van der Waals surface area (Å²) in [6, 6.07) is 9.32. The van der Waals surface area contributed by atoms with Gasteiger partial charge in [-0.05, 0) is 44.7 Å². The second kappa shape index (κ2) is 5.54. The first-order chi connectivity index (χ1) is 9.26. The average molecular weight is 259 g/mol. The van der Waals surface area contributed by atoms with Crippen molar-refractivity contribution in [3.05, 3.63) is 29.8 Å². The number of ether oxygens (including phenoxy) is 1. The number of rotatable bonds is 2. The standard InChI is InChI=1S/C17H25NO/c1-14-5-7-15(8-6-14)18-16-9-12-19-17(13-16)10-3-2-4-11-17/h5-8,16,18H,2-4,9-13H2,1H3. The van der Waals surface area contributed by atoms with Crippen molar-refractivity contribution < 1.29 is 4.74 Å². The van der Waals surface area contributed by atoms with E-state index in [9.17, 15) is 0 Å². The molecule has 1 aromatic rings. The molecule has 1 saturated carbocycles. The molecule has 104 valence electrons. The molecular weight excluding hydrogens is 234 g/mol. The highest BCUT2D eigenvalue weighted by molar-refractivity contribution is 5.45. The molecule has 2 nitrogen and oxygen atoms in total. The zero-order valence-corrected chi connectivity index (χ0v) is 12.0. The van der Waals surface area contributed by atoms with Gasteiger partial charge in [-0.2, -0.15) is 0 Å². The first-order valence-corrected chi connectivity index (χ1v) is 7.73. The van der Waals surface area contributed by atoms with Gasteiger partial charge < -0.3 is 10.1 Å². The van der Waals surface area contributed by atoms with E-state index in [4.69, 9.17) is 4.74 Å². The predicted molar refractivity (Wildman–Crippen MR) is 79.6 cm³/mol. The van der Waals surface area contributed by atoms with Gasteiger partial charge in [0.15, 0.2) is 0 Å². The third-order valence-corrected chi connectivity index (χ3v) is 4.68. The summed E-state index contributed by atoms with van der Waals surface area (Å²) in [5.41, 5.74) is 2.77. The Morgan fingerprint density at radius 2 is 1.84 bits per heavy atom. The largest absolute Gasteiger partial charge is 0.382 e. The molecule has 1 saturated heterocycles. The number of anilines is 1. The Morgan fingerprint density at radius 3 is 2.58 bits per heavy atom. The Hall–Kier alpha value is -1.02. The Balaban J connectivity index is 1.63. The van der Waals surface area contributed by atoms with E-state index in [-0.39, 0.29) is 5.60 Å². The Morgan fingerprint density at radius 1 is 1.11 bits per heavy atom. The molecule has 1 spiro atoms. The second-order valence-corrected chi connectivity index (χ2v) is 6.29. The van der Waals surface area contributed by atoms with Crippen LogP contribution in [-0.4, -0.2) is 18.2 Å². The van der Waals surface area contributed by atoms with Crippen LogP contribution in [0, 0.1) is 6.92 Å². The molecule has 1 aliphatic heterocycles. The van der Waals surface area contributed by atoms with Crippen LogP contribution in [0.2, 0.25) is 0 Å². The fraction of sp³-hybridized carbons (Fsp3) is 0.647. The monoisotopic (exact) mass is 259 g/mol. The van der Waals surface area contributed by atoms with Crippen LogP contribution < -0.4 is 5.32 Å². The summed E-state index contributed by atoms with van der Waals surface area (Å²) >= 11 is 0.